The number of carbonyl (C=O) groups excluding carboxylic acids is 2. The lowest BCUT2D eigenvalue weighted by molar-refractivity contribution is -0.122. The molecule has 2 rings (SSSR count). The van der Waals surface area contributed by atoms with Crippen LogP contribution in [-0.4, -0.2) is 17.9 Å². The van der Waals surface area contributed by atoms with Crippen molar-refractivity contribution in [3.05, 3.63) is 59.1 Å². The highest BCUT2D eigenvalue weighted by Gasteiger charge is 2.15. The lowest BCUT2D eigenvalue weighted by Gasteiger charge is -2.15. The summed E-state index contributed by atoms with van der Waals surface area (Å²) in [5, 5.41) is 3.29. The van der Waals surface area contributed by atoms with E-state index >= 15 is 0 Å². The van der Waals surface area contributed by atoms with Gasteiger partial charge < -0.3 is 15.8 Å². The minimum Gasteiger partial charge on any atom is -0.481 e. The summed E-state index contributed by atoms with van der Waals surface area (Å²) in [5.74, 6) is -0.268. The van der Waals surface area contributed by atoms with Gasteiger partial charge in [-0.1, -0.05) is 11.6 Å². The molecule has 6 heteroatoms. The summed E-state index contributed by atoms with van der Waals surface area (Å²) in [6.07, 6.45) is -0.683. The predicted molar refractivity (Wildman–Crippen MR) is 85.1 cm³/mol. The van der Waals surface area contributed by atoms with Crippen LogP contribution >= 0.6 is 11.6 Å². The third kappa shape index (κ3) is 4.23. The Morgan fingerprint density at radius 1 is 1.09 bits per heavy atom. The highest BCUT2D eigenvalue weighted by molar-refractivity contribution is 6.30. The zero-order valence-corrected chi connectivity index (χ0v) is 12.6. The van der Waals surface area contributed by atoms with Crippen molar-refractivity contribution in [2.75, 3.05) is 5.32 Å². The molecular formula is C16H15ClN2O3. The van der Waals surface area contributed by atoms with Crippen LogP contribution in [0.4, 0.5) is 5.69 Å². The highest BCUT2D eigenvalue weighted by Crippen LogP contribution is 2.17. The van der Waals surface area contributed by atoms with Crippen LogP contribution in [0, 0.1) is 0 Å². The topological polar surface area (TPSA) is 81.4 Å². The van der Waals surface area contributed by atoms with Crippen LogP contribution in [0.2, 0.25) is 5.02 Å². The van der Waals surface area contributed by atoms with E-state index in [4.69, 9.17) is 22.1 Å². The van der Waals surface area contributed by atoms with E-state index in [0.29, 0.717) is 22.0 Å². The van der Waals surface area contributed by atoms with Crippen molar-refractivity contribution in [2.45, 2.75) is 13.0 Å². The number of rotatable bonds is 5. The molecule has 1 atom stereocenters. The lowest BCUT2D eigenvalue weighted by Crippen LogP contribution is -2.30. The monoisotopic (exact) mass is 318 g/mol. The molecule has 22 heavy (non-hydrogen) atoms. The number of ether oxygens (including phenoxy) is 1. The molecule has 0 heterocycles. The molecule has 2 aromatic rings. The summed E-state index contributed by atoms with van der Waals surface area (Å²) in [5.41, 5.74) is 6.09. The predicted octanol–water partition coefficient (Wildman–Crippen LogP) is 2.84. The smallest absolute Gasteiger partial charge is 0.265 e. The van der Waals surface area contributed by atoms with E-state index in [1.165, 1.54) is 0 Å². The standard InChI is InChI=1S/C16H15ClN2O3/c1-10(22-14-8-4-12(17)5-9-14)16(21)19-13-6-2-11(3-7-13)15(18)20/h2-10H,1H3,(H2,18,20)(H,19,21). The number of nitrogens with two attached hydrogens (primary N) is 1. The van der Waals surface area contributed by atoms with Gasteiger partial charge in [0.15, 0.2) is 6.10 Å². The maximum absolute atomic E-state index is 12.0. The Morgan fingerprint density at radius 3 is 2.23 bits per heavy atom. The average molecular weight is 319 g/mol. The van der Waals surface area contributed by atoms with Gasteiger partial charge in [0.1, 0.15) is 5.75 Å². The van der Waals surface area contributed by atoms with Gasteiger partial charge in [-0.2, -0.15) is 0 Å². The Bertz CT molecular complexity index is 669. The molecule has 0 fully saturated rings. The van der Waals surface area contributed by atoms with Crippen LogP contribution in [0.1, 0.15) is 17.3 Å². The van der Waals surface area contributed by atoms with Crippen molar-refractivity contribution in [1.82, 2.24) is 0 Å². The van der Waals surface area contributed by atoms with Gasteiger partial charge in [-0.05, 0) is 55.5 Å². The third-order valence-corrected chi connectivity index (χ3v) is 3.18. The zero-order chi connectivity index (χ0) is 16.1. The molecule has 0 bridgehead atoms. The number of hydrogen-bond donors (Lipinski definition) is 2. The molecule has 0 aliphatic rings. The lowest BCUT2D eigenvalue weighted by atomic mass is 10.2. The summed E-state index contributed by atoms with van der Waals surface area (Å²) in [6, 6.07) is 13.0. The van der Waals surface area contributed by atoms with Crippen molar-refractivity contribution in [1.29, 1.82) is 0 Å². The zero-order valence-electron chi connectivity index (χ0n) is 11.9. The van der Waals surface area contributed by atoms with Crippen molar-refractivity contribution in [3.8, 4) is 5.75 Å². The Morgan fingerprint density at radius 2 is 1.68 bits per heavy atom. The SMILES string of the molecule is CC(Oc1ccc(Cl)cc1)C(=O)Nc1ccc(C(N)=O)cc1. The Balaban J connectivity index is 1.95. The van der Waals surface area contributed by atoms with Crippen LogP contribution in [0.3, 0.4) is 0 Å². The van der Waals surface area contributed by atoms with Gasteiger partial charge in [-0.3, -0.25) is 9.59 Å². The summed E-state index contributed by atoms with van der Waals surface area (Å²) < 4.78 is 5.52. The van der Waals surface area contributed by atoms with Crippen LogP contribution in [0.5, 0.6) is 5.75 Å². The van der Waals surface area contributed by atoms with Crippen molar-refractivity contribution in [2.24, 2.45) is 5.73 Å². The van der Waals surface area contributed by atoms with Gasteiger partial charge >= 0.3 is 0 Å². The molecule has 0 saturated carbocycles. The molecule has 2 amide bonds. The number of amides is 2. The molecule has 0 spiro atoms. The Hall–Kier alpha value is -2.53. The molecular weight excluding hydrogens is 304 g/mol. The van der Waals surface area contributed by atoms with Gasteiger partial charge in [0.2, 0.25) is 5.91 Å². The van der Waals surface area contributed by atoms with Gasteiger partial charge in [0, 0.05) is 16.3 Å². The van der Waals surface area contributed by atoms with Crippen molar-refractivity contribution in [3.63, 3.8) is 0 Å². The van der Waals surface area contributed by atoms with Crippen LogP contribution in [0.15, 0.2) is 48.5 Å². The van der Waals surface area contributed by atoms with Gasteiger partial charge in [-0.15, -0.1) is 0 Å². The van der Waals surface area contributed by atoms with Gasteiger partial charge in [0.05, 0.1) is 0 Å². The van der Waals surface area contributed by atoms with Crippen LogP contribution in [0.25, 0.3) is 0 Å². The van der Waals surface area contributed by atoms with Gasteiger partial charge in [0.25, 0.3) is 5.91 Å². The summed E-state index contributed by atoms with van der Waals surface area (Å²) >= 11 is 5.79. The van der Waals surface area contributed by atoms with Gasteiger partial charge in [-0.25, -0.2) is 0 Å². The van der Waals surface area contributed by atoms with Crippen molar-refractivity contribution >= 4 is 29.1 Å². The second-order valence-electron chi connectivity index (χ2n) is 4.64. The number of hydrogen-bond acceptors (Lipinski definition) is 3. The molecule has 0 aliphatic heterocycles. The van der Waals surface area contributed by atoms with E-state index in [2.05, 4.69) is 5.32 Å². The van der Waals surface area contributed by atoms with E-state index < -0.39 is 12.0 Å². The van der Waals surface area contributed by atoms with E-state index in [1.807, 2.05) is 0 Å². The number of halogens is 1. The molecule has 0 aliphatic carbocycles. The second-order valence-corrected chi connectivity index (χ2v) is 5.08. The largest absolute Gasteiger partial charge is 0.481 e. The maximum atomic E-state index is 12.0. The molecule has 0 saturated heterocycles. The fraction of sp³-hybridized carbons (Fsp3) is 0.125. The fourth-order valence-corrected chi connectivity index (χ4v) is 1.86. The van der Waals surface area contributed by atoms with E-state index in [-0.39, 0.29) is 5.91 Å². The first kappa shape index (κ1) is 15.9. The number of nitrogens with one attached hydrogen (secondary N) is 1. The minimum absolute atomic E-state index is 0.304. The van der Waals surface area contributed by atoms with Crippen LogP contribution < -0.4 is 15.8 Å². The summed E-state index contributed by atoms with van der Waals surface area (Å²) in [7, 11) is 0. The third-order valence-electron chi connectivity index (χ3n) is 2.93. The first-order valence-corrected chi connectivity index (χ1v) is 6.96. The second kappa shape index (κ2) is 6.95. The molecule has 0 radical (unpaired) electrons. The Kier molecular flexibility index (Phi) is 5.01. The molecule has 114 valence electrons. The molecule has 5 nitrogen and oxygen atoms in total. The average Bonchev–Trinajstić information content (AvgIpc) is 2.50. The highest BCUT2D eigenvalue weighted by atomic mass is 35.5. The molecule has 1 unspecified atom stereocenters. The number of anilines is 1. The van der Waals surface area contributed by atoms with E-state index in [9.17, 15) is 9.59 Å². The van der Waals surface area contributed by atoms with E-state index in [0.717, 1.165) is 0 Å². The number of benzene rings is 2. The summed E-state index contributed by atoms with van der Waals surface area (Å²) in [4.78, 5) is 23.0. The van der Waals surface area contributed by atoms with E-state index in [1.54, 1.807) is 55.5 Å². The normalized spacial score (nSPS) is 11.5. The molecule has 0 aromatic heterocycles. The quantitative estimate of drug-likeness (QED) is 0.889. The molecule has 3 N–H and O–H groups in total. The van der Waals surface area contributed by atoms with Crippen molar-refractivity contribution < 1.29 is 14.3 Å². The number of carbonyl (C=O) groups is 2. The number of primary amides is 1. The van der Waals surface area contributed by atoms with Crippen LogP contribution in [-0.2, 0) is 4.79 Å². The first-order valence-electron chi connectivity index (χ1n) is 6.58. The summed E-state index contributed by atoms with van der Waals surface area (Å²) in [6.45, 7) is 1.64. The first-order chi connectivity index (χ1) is 10.5. The molecule has 2 aromatic carbocycles. The fourth-order valence-electron chi connectivity index (χ4n) is 1.73. The minimum atomic E-state index is -0.683. The maximum Gasteiger partial charge on any atom is 0.265 e. The Labute approximate surface area is 133 Å².